The maximum atomic E-state index is 12.4. The molecule has 2 N–H and O–H groups in total. The number of phenolic OH excluding ortho intramolecular Hbond substituents is 1. The molecule has 0 spiro atoms. The summed E-state index contributed by atoms with van der Waals surface area (Å²) in [5.41, 5.74) is -4.11. The first-order valence-electron chi connectivity index (χ1n) is 7.32. The van der Waals surface area contributed by atoms with E-state index in [4.69, 9.17) is 11.6 Å². The molecule has 134 valence electrons. The first-order chi connectivity index (χ1) is 12.2. The molecule has 3 aromatic rings. The number of anilines is 1. The molecule has 0 radical (unpaired) electrons. The van der Waals surface area contributed by atoms with E-state index >= 15 is 0 Å². The van der Waals surface area contributed by atoms with E-state index in [1.165, 1.54) is 30.3 Å². The van der Waals surface area contributed by atoms with Crippen LogP contribution in [0.25, 0.3) is 10.8 Å². The van der Waals surface area contributed by atoms with Gasteiger partial charge in [-0.15, -0.1) is 0 Å². The summed E-state index contributed by atoms with van der Waals surface area (Å²) in [6, 6.07) is 13.4. The Hall–Kier alpha value is -2.38. The Kier molecular flexibility index (Phi) is 5.02. The first-order valence-corrected chi connectivity index (χ1v) is 8.51. The predicted octanol–water partition coefficient (Wildman–Crippen LogP) is 6.06. The Labute approximate surface area is 155 Å². The molecule has 0 saturated carbocycles. The summed E-state index contributed by atoms with van der Waals surface area (Å²) >= 11 is 5.92. The molecule has 0 fully saturated rings. The fourth-order valence-electron chi connectivity index (χ4n) is 2.43. The quantitative estimate of drug-likeness (QED) is 0.528. The predicted molar refractivity (Wildman–Crippen MR) is 96.9 cm³/mol. The van der Waals surface area contributed by atoms with E-state index in [-0.39, 0.29) is 28.0 Å². The molecule has 0 heterocycles. The second-order valence-electron chi connectivity index (χ2n) is 5.33. The number of aromatic hydroxyl groups is 1. The maximum absolute atomic E-state index is 12.4. The van der Waals surface area contributed by atoms with Crippen molar-refractivity contribution < 1.29 is 23.1 Å². The van der Waals surface area contributed by atoms with Gasteiger partial charge in [-0.05, 0) is 42.1 Å². The molecule has 0 saturated heterocycles. The molecule has 1 amide bonds. The molecule has 26 heavy (non-hydrogen) atoms. The van der Waals surface area contributed by atoms with Crippen LogP contribution in [0.1, 0.15) is 10.4 Å². The summed E-state index contributed by atoms with van der Waals surface area (Å²) in [6.07, 6.45) is 0. The molecule has 3 rings (SSSR count). The molecule has 0 aromatic heterocycles. The Bertz CT molecular complexity index is 975. The Morgan fingerprint density at radius 1 is 1.04 bits per heavy atom. The van der Waals surface area contributed by atoms with Gasteiger partial charge in [0, 0.05) is 26.4 Å². The molecule has 0 atom stereocenters. The molecule has 0 bridgehead atoms. The minimum atomic E-state index is -4.38. The highest BCUT2D eigenvalue weighted by Gasteiger charge is 2.29. The van der Waals surface area contributed by atoms with Gasteiger partial charge in [0.2, 0.25) is 0 Å². The smallest absolute Gasteiger partial charge is 0.446 e. The van der Waals surface area contributed by atoms with Crippen molar-refractivity contribution in [2.75, 3.05) is 5.32 Å². The number of alkyl halides is 3. The summed E-state index contributed by atoms with van der Waals surface area (Å²) in [5.74, 6) is -0.835. The summed E-state index contributed by atoms with van der Waals surface area (Å²) in [4.78, 5) is 12.4. The van der Waals surface area contributed by atoms with Crippen molar-refractivity contribution in [3.63, 3.8) is 0 Å². The van der Waals surface area contributed by atoms with Crippen LogP contribution in [0.2, 0.25) is 5.02 Å². The van der Waals surface area contributed by atoms with Crippen LogP contribution in [0.4, 0.5) is 18.9 Å². The van der Waals surface area contributed by atoms with E-state index in [0.717, 1.165) is 0 Å². The number of carbonyl (C=O) groups is 1. The van der Waals surface area contributed by atoms with Crippen molar-refractivity contribution in [2.24, 2.45) is 0 Å². The second-order valence-corrected chi connectivity index (χ2v) is 6.87. The third kappa shape index (κ3) is 4.05. The van der Waals surface area contributed by atoms with Crippen LogP contribution in [-0.2, 0) is 0 Å². The molecular weight excluding hydrogens is 387 g/mol. The number of carbonyl (C=O) groups excluding carboxylic acids is 1. The van der Waals surface area contributed by atoms with E-state index in [2.05, 4.69) is 5.32 Å². The van der Waals surface area contributed by atoms with E-state index in [1.54, 1.807) is 24.3 Å². The van der Waals surface area contributed by atoms with Crippen LogP contribution in [-0.4, -0.2) is 16.5 Å². The van der Waals surface area contributed by atoms with E-state index in [0.29, 0.717) is 21.5 Å². The molecule has 3 aromatic carbocycles. The average Bonchev–Trinajstić information content (AvgIpc) is 2.58. The van der Waals surface area contributed by atoms with Crippen LogP contribution in [0.5, 0.6) is 5.75 Å². The zero-order chi connectivity index (χ0) is 18.9. The summed E-state index contributed by atoms with van der Waals surface area (Å²) in [5, 5.41) is 14.2. The number of nitrogens with one attached hydrogen (secondary N) is 1. The van der Waals surface area contributed by atoms with Gasteiger partial charge in [0.1, 0.15) is 5.75 Å². The van der Waals surface area contributed by atoms with E-state index < -0.39 is 11.4 Å². The standard InChI is InChI=1S/C18H11ClF3NO2S/c19-15-9-14(16(24)13-4-2-1-3-12(13)15)17(25)23-10-5-7-11(8-6-10)26-18(20,21)22/h1-9,24H,(H,23,25). The molecular formula is C18H11ClF3NO2S. The van der Waals surface area contributed by atoms with Crippen molar-refractivity contribution in [3.05, 3.63) is 65.2 Å². The van der Waals surface area contributed by atoms with Crippen LogP contribution in [0, 0.1) is 0 Å². The number of fused-ring (bicyclic) bond motifs is 1. The second kappa shape index (κ2) is 7.09. The number of halogens is 4. The average molecular weight is 398 g/mol. The summed E-state index contributed by atoms with van der Waals surface area (Å²) in [7, 11) is 0. The third-order valence-corrected chi connectivity index (χ3v) is 4.61. The first kappa shape index (κ1) is 18.4. The number of benzene rings is 3. The maximum Gasteiger partial charge on any atom is 0.446 e. The highest BCUT2D eigenvalue weighted by atomic mass is 35.5. The fourth-order valence-corrected chi connectivity index (χ4v) is 3.24. The zero-order valence-electron chi connectivity index (χ0n) is 13.0. The van der Waals surface area contributed by atoms with Gasteiger partial charge in [-0.2, -0.15) is 13.2 Å². The largest absolute Gasteiger partial charge is 0.506 e. The Balaban J connectivity index is 1.84. The minimum absolute atomic E-state index is 0.00657. The zero-order valence-corrected chi connectivity index (χ0v) is 14.5. The number of rotatable bonds is 3. The lowest BCUT2D eigenvalue weighted by molar-refractivity contribution is -0.0328. The van der Waals surface area contributed by atoms with Crippen LogP contribution in [0.3, 0.4) is 0 Å². The third-order valence-electron chi connectivity index (χ3n) is 3.56. The van der Waals surface area contributed by atoms with Gasteiger partial charge >= 0.3 is 5.51 Å². The lowest BCUT2D eigenvalue weighted by atomic mass is 10.0. The van der Waals surface area contributed by atoms with Crippen molar-refractivity contribution in [1.82, 2.24) is 0 Å². The van der Waals surface area contributed by atoms with Crippen molar-refractivity contribution in [3.8, 4) is 5.75 Å². The molecule has 3 nitrogen and oxygen atoms in total. The minimum Gasteiger partial charge on any atom is -0.506 e. The Morgan fingerprint density at radius 2 is 1.65 bits per heavy atom. The highest BCUT2D eigenvalue weighted by molar-refractivity contribution is 8.00. The molecule has 0 aliphatic rings. The van der Waals surface area contributed by atoms with Crippen LogP contribution in [0.15, 0.2) is 59.5 Å². The lowest BCUT2D eigenvalue weighted by Gasteiger charge is -2.11. The fraction of sp³-hybridized carbons (Fsp3) is 0.0556. The van der Waals surface area contributed by atoms with E-state index in [9.17, 15) is 23.1 Å². The van der Waals surface area contributed by atoms with Gasteiger partial charge in [-0.3, -0.25) is 4.79 Å². The number of phenols is 1. The van der Waals surface area contributed by atoms with Crippen LogP contribution < -0.4 is 5.32 Å². The van der Waals surface area contributed by atoms with Gasteiger partial charge < -0.3 is 10.4 Å². The lowest BCUT2D eigenvalue weighted by Crippen LogP contribution is -2.12. The number of hydrogen-bond acceptors (Lipinski definition) is 3. The molecule has 8 heteroatoms. The van der Waals surface area contributed by atoms with Crippen molar-refractivity contribution in [1.29, 1.82) is 0 Å². The Morgan fingerprint density at radius 3 is 2.27 bits per heavy atom. The van der Waals surface area contributed by atoms with E-state index in [1.807, 2.05) is 0 Å². The van der Waals surface area contributed by atoms with Crippen molar-refractivity contribution in [2.45, 2.75) is 10.4 Å². The molecule has 0 aliphatic carbocycles. The van der Waals surface area contributed by atoms with Gasteiger partial charge in [-0.25, -0.2) is 0 Å². The normalized spacial score (nSPS) is 11.5. The van der Waals surface area contributed by atoms with Crippen LogP contribution >= 0.6 is 23.4 Å². The van der Waals surface area contributed by atoms with Gasteiger partial charge in [0.05, 0.1) is 5.56 Å². The SMILES string of the molecule is O=C(Nc1ccc(SC(F)(F)F)cc1)c1cc(Cl)c2ccccc2c1O. The van der Waals surface area contributed by atoms with Gasteiger partial charge in [0.15, 0.2) is 0 Å². The van der Waals surface area contributed by atoms with Crippen molar-refractivity contribution >= 4 is 45.7 Å². The number of thioether (sulfide) groups is 1. The summed E-state index contributed by atoms with van der Waals surface area (Å²) < 4.78 is 37.0. The van der Waals surface area contributed by atoms with Gasteiger partial charge in [-0.1, -0.05) is 35.9 Å². The topological polar surface area (TPSA) is 49.3 Å². The monoisotopic (exact) mass is 397 g/mol. The molecule has 0 unspecified atom stereocenters. The van der Waals surface area contributed by atoms with Gasteiger partial charge in [0.25, 0.3) is 5.91 Å². The number of amides is 1. The number of hydrogen-bond donors (Lipinski definition) is 2. The summed E-state index contributed by atoms with van der Waals surface area (Å²) in [6.45, 7) is 0. The highest BCUT2D eigenvalue weighted by Crippen LogP contribution is 2.37. The molecule has 0 aliphatic heterocycles.